The van der Waals surface area contributed by atoms with Crippen LogP contribution in [-0.4, -0.2) is 187 Å². The molecule has 24 heteroatoms. The highest BCUT2D eigenvalue weighted by Crippen LogP contribution is 2.58. The summed E-state index contributed by atoms with van der Waals surface area (Å²) in [5.41, 5.74) is 10.1. The second-order valence-electron chi connectivity index (χ2n) is 29.3. The highest BCUT2D eigenvalue weighted by atomic mass is 16.6. The second kappa shape index (κ2) is 30.2. The zero-order valence-corrected chi connectivity index (χ0v) is 61.7. The largest absolute Gasteiger partial charge is 0.507 e. The first kappa shape index (κ1) is 76.0. The van der Waals surface area contributed by atoms with E-state index in [9.17, 15) is 44.4 Å². The molecule has 24 nitrogen and oxygen atoms in total. The number of ether oxygens (including phenoxy) is 7. The molecule has 101 heavy (non-hydrogen) atoms. The number of carbonyl (C=O) groups excluding carboxylic acids is 6. The number of likely N-dealkylation sites (N-methyl/N-ethyl adjacent to an activating group) is 2. The maximum Gasteiger partial charge on any atom is 0.408 e. The van der Waals surface area contributed by atoms with Gasteiger partial charge in [-0.3, -0.25) is 38.8 Å². The van der Waals surface area contributed by atoms with Gasteiger partial charge in [0.2, 0.25) is 23.4 Å². The van der Waals surface area contributed by atoms with Gasteiger partial charge in [-0.2, -0.15) is 10.5 Å². The molecule has 1 aliphatic carbocycles. The lowest BCUT2D eigenvalue weighted by atomic mass is 9.69. The lowest BCUT2D eigenvalue weighted by Crippen LogP contribution is -2.71. The molecule has 0 radical (unpaired) electrons. The van der Waals surface area contributed by atoms with E-state index < -0.39 is 89.1 Å². The van der Waals surface area contributed by atoms with Crippen LogP contribution in [0.1, 0.15) is 148 Å². The van der Waals surface area contributed by atoms with Crippen LogP contribution in [0.2, 0.25) is 0 Å². The fraction of sp³-hybridized carbons (Fsp3) is 0.532. The van der Waals surface area contributed by atoms with Crippen LogP contribution in [0.4, 0.5) is 9.59 Å². The van der Waals surface area contributed by atoms with E-state index >= 15 is 0 Å². The molecule has 4 bridgehead atoms. The highest BCUT2D eigenvalue weighted by Gasteiger charge is 2.59. The monoisotopic (exact) mass is 1390 g/mol. The Morgan fingerprint density at radius 2 is 1.01 bits per heavy atom. The van der Waals surface area contributed by atoms with Crippen molar-refractivity contribution in [1.82, 2.24) is 40.9 Å². The van der Waals surface area contributed by atoms with Crippen molar-refractivity contribution in [3.05, 3.63) is 134 Å². The first-order valence-corrected chi connectivity index (χ1v) is 34.4. The molecule has 0 spiro atoms. The van der Waals surface area contributed by atoms with Gasteiger partial charge in [0.15, 0.2) is 11.5 Å². The quantitative estimate of drug-likeness (QED) is 0.0425. The molecule has 2 saturated heterocycles. The molecule has 3 aromatic carbocycles. The third-order valence-electron chi connectivity index (χ3n) is 20.5. The molecule has 0 aromatic heterocycles. The molecule has 0 unspecified atom stereocenters. The summed E-state index contributed by atoms with van der Waals surface area (Å²) in [5, 5.41) is 44.2. The van der Waals surface area contributed by atoms with Crippen molar-refractivity contribution >= 4 is 35.6 Å². The van der Waals surface area contributed by atoms with E-state index in [2.05, 4.69) is 101 Å². The number of aliphatic hydroxyl groups excluding tert-OH is 1. The lowest BCUT2D eigenvalue weighted by molar-refractivity contribution is -0.134. The number of allylic oxidation sites excluding steroid dienone is 2. The summed E-state index contributed by atoms with van der Waals surface area (Å²) in [4.78, 5) is 87.5. The van der Waals surface area contributed by atoms with Gasteiger partial charge >= 0.3 is 12.2 Å². The van der Waals surface area contributed by atoms with Gasteiger partial charge in [0.1, 0.15) is 78.2 Å². The molecule has 542 valence electrons. The zero-order valence-electron chi connectivity index (χ0n) is 61.7. The van der Waals surface area contributed by atoms with E-state index in [0.29, 0.717) is 42.1 Å². The molecule has 10 rings (SSSR count). The number of fused-ring (bicyclic) bond motifs is 13. The van der Waals surface area contributed by atoms with Crippen LogP contribution in [0, 0.1) is 57.3 Å². The minimum Gasteiger partial charge on any atom is -0.507 e. The molecule has 6 heterocycles. The molecule has 4 amide bonds. The number of aliphatic hydroxyl groups is 1. The average molecular weight is 1390 g/mol. The minimum absolute atomic E-state index is 0.0217. The molecule has 6 aliphatic heterocycles. The Labute approximate surface area is 593 Å². The zero-order chi connectivity index (χ0) is 74.3. The first-order valence-electron chi connectivity index (χ1n) is 34.4. The Morgan fingerprint density at radius 1 is 0.594 bits per heavy atom. The highest BCUT2D eigenvalue weighted by molar-refractivity contribution is 6.50. The maximum absolute atomic E-state index is 13.8. The van der Waals surface area contributed by atoms with Crippen LogP contribution in [0.25, 0.3) is 0 Å². The predicted molar refractivity (Wildman–Crippen MR) is 380 cm³/mol. The van der Waals surface area contributed by atoms with Crippen LogP contribution in [-0.2, 0) is 47.9 Å². The number of carbonyl (C=O) groups is 6. The number of rotatable bonds is 19. The standard InChI is InChI=1S/C43H57N5O7.C34H43N5O7/c1-13-16-52-38-26(6)39(53-17-14-2)40(54-18-15-3)35-29(38)21-31-36-34-25(5)37(51-12)24(4)19-28(34)20-30(47(36)11)32(22-44)48(31)33(35)23-45-41(49)27(7)46-42(50)55-43(8,9)10;1-15-10-19-11-21-23(13-35)39-22(27(38(21)8)25(19)16(2)31(15)45-9)12-20-26(30(42)29(41)17(3)28(20)40)24(39)14-36-32(43)18(4)37-33(44)46-34(5,6)7/h13-15,19,27,30-33,36H,1-3,16-18,20-21,23H2,4-12H3,(H,45,49)(H,46,50);10,18,21-24,27,40H,11-12,14H2,1-9H3,(H,36,43)(H,37,44)/t27-,30-,31-,32-,33-,36-;18-,21-,22-,23-,24-,27-/m00/s1. The normalized spacial score (nSPS) is 24.2. The van der Waals surface area contributed by atoms with Crippen molar-refractivity contribution in [2.45, 2.75) is 206 Å². The van der Waals surface area contributed by atoms with Crippen molar-refractivity contribution in [3.8, 4) is 40.9 Å². The molecular formula is C77H100N10O14. The minimum atomic E-state index is -0.981. The Hall–Kier alpha value is -9.20. The number of nitriles is 2. The van der Waals surface area contributed by atoms with Crippen LogP contribution >= 0.6 is 0 Å². The number of nitrogens with one attached hydrogen (secondary N) is 4. The average Bonchev–Trinajstić information content (AvgIpc) is 0.706. The summed E-state index contributed by atoms with van der Waals surface area (Å²) in [6.07, 6.45) is 5.53. The number of aryl methyl sites for hydroxylation is 2. The van der Waals surface area contributed by atoms with E-state index in [0.717, 1.165) is 61.6 Å². The number of ketones is 2. The molecule has 12 atom stereocenters. The van der Waals surface area contributed by atoms with Gasteiger partial charge in [-0.1, -0.05) is 50.1 Å². The van der Waals surface area contributed by atoms with Crippen molar-refractivity contribution < 1.29 is 67.0 Å². The van der Waals surface area contributed by atoms with Gasteiger partial charge in [-0.15, -0.1) is 0 Å². The number of hydrogen-bond donors (Lipinski definition) is 5. The van der Waals surface area contributed by atoms with Crippen LogP contribution < -0.4 is 45.0 Å². The predicted octanol–water partition coefficient (Wildman–Crippen LogP) is 8.98. The number of piperazine rings is 2. The third kappa shape index (κ3) is 14.4. The fourth-order valence-corrected chi connectivity index (χ4v) is 16.6. The van der Waals surface area contributed by atoms with Crippen molar-refractivity contribution in [2.75, 3.05) is 61.2 Å². The molecular weight excluding hydrogens is 1290 g/mol. The molecule has 0 saturated carbocycles. The summed E-state index contributed by atoms with van der Waals surface area (Å²) in [7, 11) is 7.44. The molecule has 2 fully saturated rings. The number of benzene rings is 3. The van der Waals surface area contributed by atoms with Crippen LogP contribution in [0.3, 0.4) is 0 Å². The van der Waals surface area contributed by atoms with Crippen molar-refractivity contribution in [3.63, 3.8) is 0 Å². The Morgan fingerprint density at radius 3 is 1.44 bits per heavy atom. The maximum atomic E-state index is 13.8. The van der Waals surface area contributed by atoms with Gasteiger partial charge in [-0.25, -0.2) is 9.59 Å². The topological polar surface area (TPSA) is 296 Å². The van der Waals surface area contributed by atoms with E-state index in [1.807, 2.05) is 32.7 Å². The number of hydrogen-bond acceptors (Lipinski definition) is 20. The van der Waals surface area contributed by atoms with Gasteiger partial charge in [0, 0.05) is 70.7 Å². The summed E-state index contributed by atoms with van der Waals surface area (Å²) >= 11 is 0. The fourth-order valence-electron chi connectivity index (χ4n) is 16.6. The van der Waals surface area contributed by atoms with E-state index in [1.54, 1.807) is 80.9 Å². The first-order chi connectivity index (χ1) is 47.6. The van der Waals surface area contributed by atoms with E-state index in [4.69, 9.17) is 33.2 Å². The van der Waals surface area contributed by atoms with Gasteiger partial charge < -0.3 is 59.5 Å². The summed E-state index contributed by atoms with van der Waals surface area (Å²) in [5.74, 6) is 0.504. The SMILES string of the molecule is C=CCOc1c(C)c(OCC=C)c(OCC=C)c2c1C[C@H]1[C@H]3c4c(cc(C)c(OC)c4C)C[C@@H]([C@H](C#N)N1[C@H]2CNC(=O)[C@H](C)NC(=O)OC(C)(C)C)N3C.COc1c(C)cc2c(c1C)[C@@H]1[C@@H]3CC4=C(C(=O)C(=O)C(C)=C4O)[C@H](CNC(=O)[C@H](C)NC(=O)OC(C)(C)C)N3[C@@H](C#N)[C@H](C2)N1C. The van der Waals surface area contributed by atoms with Crippen molar-refractivity contribution in [1.29, 1.82) is 10.5 Å². The van der Waals surface area contributed by atoms with Gasteiger partial charge in [-0.05, 0) is 181 Å². The van der Waals surface area contributed by atoms with Gasteiger partial charge in [0.25, 0.3) is 0 Å². The van der Waals surface area contributed by atoms with E-state index in [-0.39, 0.29) is 86.4 Å². The smallest absolute Gasteiger partial charge is 0.408 e. The summed E-state index contributed by atoms with van der Waals surface area (Å²) < 4.78 is 41.8. The Balaban J connectivity index is 0.000000239. The molecule has 3 aromatic rings. The van der Waals surface area contributed by atoms with Crippen molar-refractivity contribution in [2.24, 2.45) is 0 Å². The van der Waals surface area contributed by atoms with Crippen LogP contribution in [0.5, 0.6) is 28.7 Å². The lowest BCUT2D eigenvalue weighted by Gasteiger charge is -2.60. The molecule has 7 aliphatic rings. The number of alkyl carbamates (subject to hydrolysis) is 2. The summed E-state index contributed by atoms with van der Waals surface area (Å²) in [6, 6.07) is 3.44. The van der Waals surface area contributed by atoms with E-state index in [1.165, 1.54) is 25.0 Å². The summed E-state index contributed by atoms with van der Waals surface area (Å²) in [6.45, 7) is 37.4. The number of amides is 4. The number of nitrogens with zero attached hydrogens (tertiary/aromatic N) is 6. The third-order valence-corrected chi connectivity index (χ3v) is 20.5. The number of methoxy groups -OCH3 is 2. The van der Waals surface area contributed by atoms with Crippen LogP contribution in [0.15, 0.2) is 72.6 Å². The second-order valence-corrected chi connectivity index (χ2v) is 29.3. The Bertz CT molecular complexity index is 4020. The molecule has 5 N–H and O–H groups in total. The Kier molecular flexibility index (Phi) is 22.7. The number of Topliss-reactive ketones (excluding diaryl/α,β-unsaturated/α-hetero) is 2. The van der Waals surface area contributed by atoms with Gasteiger partial charge in [0.05, 0.1) is 50.5 Å².